The van der Waals surface area contributed by atoms with Gasteiger partial charge < -0.3 is 98.8 Å². The molecule has 0 spiro atoms. The van der Waals surface area contributed by atoms with Crippen LogP contribution in [0.5, 0.6) is 0 Å². The van der Waals surface area contributed by atoms with Gasteiger partial charge in [-0.1, -0.05) is 145 Å². The third kappa shape index (κ3) is 13.3. The quantitative estimate of drug-likeness (QED) is 0.0692. The van der Waals surface area contributed by atoms with Crippen molar-refractivity contribution < 1.29 is 132 Å². The number of aliphatic hydroxyl groups excluding tert-OH is 7. The van der Waals surface area contributed by atoms with Crippen LogP contribution in [0.25, 0.3) is 0 Å². The van der Waals surface area contributed by atoms with E-state index < -0.39 is 192 Å². The van der Waals surface area contributed by atoms with E-state index in [-0.39, 0.29) is 119 Å². The average Bonchev–Trinajstić information content (AvgIpc) is 0.688. The zero-order valence-electron chi connectivity index (χ0n) is 81.4. The van der Waals surface area contributed by atoms with E-state index in [0.717, 1.165) is 18.4 Å². The van der Waals surface area contributed by atoms with Crippen molar-refractivity contribution >= 4 is 41.4 Å². The lowest BCUT2D eigenvalue weighted by Gasteiger charge is -2.70. The number of esters is 5. The Bertz CT molecular complexity index is 4590. The molecular weight excluding hydrogens is 1630 g/mol. The maximum atomic E-state index is 14.4. The number of hydrogen-bond donors (Lipinski definition) is 11. The second-order valence-corrected chi connectivity index (χ2v) is 47.1. The van der Waals surface area contributed by atoms with E-state index in [4.69, 9.17) is 42.6 Å². The fraction of sp³-hybridized carbons (Fsp3) is 0.850. The first-order valence-electron chi connectivity index (χ1n) is 46.9. The van der Waals surface area contributed by atoms with Crippen molar-refractivity contribution in [2.24, 2.45) is 124 Å². The molecule has 8 saturated carbocycles. The molecule has 0 radical (unpaired) electrons. The Kier molecular flexibility index (Phi) is 24.7. The van der Waals surface area contributed by atoms with Crippen LogP contribution in [0.15, 0.2) is 44.6 Å². The lowest BCUT2D eigenvalue weighted by molar-refractivity contribution is -0.328. The molecule has 12 fully saturated rings. The molecule has 716 valence electrons. The van der Waals surface area contributed by atoms with Gasteiger partial charge in [0.1, 0.15) is 36.6 Å². The number of aliphatic hydroxyl groups is 11. The molecule has 0 amide bonds. The highest BCUT2D eigenvalue weighted by atomic mass is 16.6. The van der Waals surface area contributed by atoms with Gasteiger partial charge in [0, 0.05) is 133 Å². The highest BCUT2D eigenvalue weighted by molar-refractivity contribution is 5.95. The summed E-state index contributed by atoms with van der Waals surface area (Å²) in [6, 6.07) is 0. The molecule has 12 aliphatic carbocycles. The molecule has 4 heterocycles. The lowest BCUT2D eigenvalue weighted by Crippen LogP contribution is -2.75. The second kappa shape index (κ2) is 31.6. The van der Waals surface area contributed by atoms with Crippen LogP contribution in [0.4, 0.5) is 0 Å². The summed E-state index contributed by atoms with van der Waals surface area (Å²) in [4.78, 5) is 88.4. The Hall–Kier alpha value is -4.95. The van der Waals surface area contributed by atoms with E-state index in [0.29, 0.717) is 78.3 Å². The van der Waals surface area contributed by atoms with Gasteiger partial charge in [-0.3, -0.25) is 33.6 Å². The van der Waals surface area contributed by atoms with Gasteiger partial charge in [-0.2, -0.15) is 0 Å². The van der Waals surface area contributed by atoms with Gasteiger partial charge in [0.15, 0.2) is 23.8 Å². The fourth-order valence-corrected chi connectivity index (χ4v) is 32.4. The van der Waals surface area contributed by atoms with Gasteiger partial charge in [0.25, 0.3) is 0 Å². The van der Waals surface area contributed by atoms with Crippen molar-refractivity contribution in [1.82, 2.24) is 0 Å². The summed E-state index contributed by atoms with van der Waals surface area (Å²) in [5.41, 5.74) is -9.04. The summed E-state index contributed by atoms with van der Waals surface area (Å²) in [7, 11) is 0. The van der Waals surface area contributed by atoms with Crippen LogP contribution in [-0.2, 0) is 76.2 Å². The molecule has 38 atom stereocenters. The predicted molar refractivity (Wildman–Crippen MR) is 465 cm³/mol. The minimum absolute atomic E-state index is 0.000233. The van der Waals surface area contributed by atoms with Gasteiger partial charge in [0.2, 0.25) is 0 Å². The maximum absolute atomic E-state index is 14.4. The highest BCUT2D eigenvalue weighted by Crippen LogP contribution is 2.74. The van der Waals surface area contributed by atoms with Crippen molar-refractivity contribution in [1.29, 1.82) is 0 Å². The van der Waals surface area contributed by atoms with Crippen LogP contribution in [0.3, 0.4) is 0 Å². The summed E-state index contributed by atoms with van der Waals surface area (Å²) in [5, 5.41) is 130. The number of Topliss-reactive ketones (excluding diaryl/α,β-unsaturated/α-hetero) is 2. The number of hydrogen-bond acceptors (Lipinski definition) is 27. The molecule has 27 nitrogen and oxygen atoms in total. The monoisotopic (exact) mass is 1790 g/mol. The molecule has 16 rings (SSSR count). The van der Waals surface area contributed by atoms with Crippen LogP contribution in [0, 0.1) is 124 Å². The van der Waals surface area contributed by atoms with Gasteiger partial charge in [-0.15, -0.1) is 0 Å². The molecule has 27 heteroatoms. The minimum Gasteiger partial charge on any atom is -0.458 e. The molecule has 0 aromatic heterocycles. The summed E-state index contributed by atoms with van der Waals surface area (Å²) in [5.74, 6) is -5.24. The van der Waals surface area contributed by atoms with Gasteiger partial charge in [-0.25, -0.2) is 0 Å². The van der Waals surface area contributed by atoms with Crippen LogP contribution >= 0.6 is 0 Å². The molecule has 4 saturated heterocycles. The first-order valence-corrected chi connectivity index (χ1v) is 46.9. The Morgan fingerprint density at radius 3 is 1.07 bits per heavy atom. The Morgan fingerprint density at radius 1 is 0.346 bits per heavy atom. The summed E-state index contributed by atoms with van der Waals surface area (Å²) < 4.78 is 52.0. The second-order valence-electron chi connectivity index (χ2n) is 47.1. The predicted octanol–water partition coefficient (Wildman–Crippen LogP) is 9.77. The molecule has 0 unspecified atom stereocenters. The first-order chi connectivity index (χ1) is 57.9. The van der Waals surface area contributed by atoms with E-state index in [1.807, 2.05) is 96.9 Å². The molecule has 0 aromatic carbocycles. The smallest absolute Gasteiger partial charge is 0.303 e. The zero-order chi connectivity index (χ0) is 95.5. The van der Waals surface area contributed by atoms with Gasteiger partial charge in [0.05, 0.1) is 103 Å². The summed E-state index contributed by atoms with van der Waals surface area (Å²) in [6.45, 7) is 59.5. The average molecular weight is 1790 g/mol. The minimum atomic E-state index is -1.50. The van der Waals surface area contributed by atoms with E-state index in [2.05, 4.69) is 55.4 Å². The third-order valence-corrected chi connectivity index (χ3v) is 40.0. The first kappa shape index (κ1) is 99.5. The lowest BCUT2D eigenvalue weighted by atomic mass is 9.39. The van der Waals surface area contributed by atoms with E-state index in [1.165, 1.54) is 34.6 Å². The van der Waals surface area contributed by atoms with Gasteiger partial charge in [-0.05, 0) is 151 Å². The van der Waals surface area contributed by atoms with E-state index in [1.54, 1.807) is 27.7 Å². The molecule has 16 aliphatic rings. The number of fused-ring (bicyclic) bond motifs is 20. The largest absolute Gasteiger partial charge is 0.458 e. The van der Waals surface area contributed by atoms with Crippen LogP contribution in [-0.4, -0.2) is 244 Å². The number of carbonyl (C=O) groups excluding carboxylic acids is 7. The van der Waals surface area contributed by atoms with E-state index in [9.17, 15) is 89.7 Å². The Balaban J connectivity index is 0.000000145. The summed E-state index contributed by atoms with van der Waals surface area (Å²) >= 11 is 0. The Morgan fingerprint density at radius 2 is 0.669 bits per heavy atom. The molecule has 11 N–H and O–H groups in total. The number of carbonyl (C=O) groups is 7. The molecule has 8 bridgehead atoms. The van der Waals surface area contributed by atoms with Crippen LogP contribution in [0.2, 0.25) is 0 Å². The van der Waals surface area contributed by atoms with Crippen molar-refractivity contribution in [3.05, 3.63) is 44.6 Å². The van der Waals surface area contributed by atoms with Crippen LogP contribution in [0.1, 0.15) is 266 Å². The van der Waals surface area contributed by atoms with Crippen molar-refractivity contribution in [2.45, 2.75) is 386 Å². The molecule has 127 heavy (non-hydrogen) atoms. The molecule has 4 aliphatic heterocycles. The Labute approximate surface area is 751 Å². The fourth-order valence-electron chi connectivity index (χ4n) is 32.4. The SMILES string of the molecule is CC(=O)O[C@H]1C(=O)[C@@]2(C)[C@H]([C@H](C)[C@]3(O)C[C@H](O)C(C)=C1C3(C)C)[C@]1(C)CO[C@@H]1C[C@@H]2C.CC(=O)O[C@H]1C[C@@]2(O)[C@@H](C)[C@@H]3[C@]4(C)CO[C@@H]4C[C@H](C)[C@@]3(C)[C@@H](O)[C@H](OC(C)=O)C(=C1C)C2(C)C.CC(=O)O[C@H]1C[C@@]2(O)[C@@H](C)[C@@H]3[C@]4(C)CO[C@@H]4C[C@H](O)[C@@]3(C)C(=O)[C@H](O)C(=C1C)C2(C)C.CC(=O)O[C@H]1C[C@@]2(O)[C@@H](C)[C@@H]3[C@]4(C)CO[C@@H]4C[C@H](O)[C@@]3(C)[C@@H](O)[C@H](O)C(=C1C)C2(C)C. The standard InChI is InChI=1S/C27H42O7.C25H38O6.C24H38O7.C24H36O7/c1-13-10-19-25(8,12-32-19)22-15(3)27(31)11-18(33-16(4)28)14(2)20(24(27,6)7)21(34-17(5)29)23(30)26(13,22)9;1-12-9-17-23(7,11-30-17)20-14(3)25(29)10-16(27)13(2)18(22(25,5)6)19(31-15(4)26)21(28)24(12,20)8;2*1-11-14(31-13(3)25)9-24(29)12(2)19-22(6)10-30-16(22)8-15(26)23(19,7)20(28)18(27)17(11)21(24,4)5/h13,15,18-19,21-23,30-31H,10-12H2,1-9H3;12,14,16-17,19-20,27,29H,9-11H2,1-8H3;12,14-16,18-20,26-29H,8-10H2,1-7H3;12,14-16,18-19,26-27,29H,8-10H2,1-7H3/t13-,15-,18-,19+,21+,22+,23-,25+,26+,27+;12-,14-,16-,17+,19+,20+,23+,24+,25+;12-,14-,15-,16+,18+,19+,20-,22+,23+,24+;12-,14-,15-,16+,18+,19+,22+,23+,24+/m0000/s1. The highest BCUT2D eigenvalue weighted by Gasteiger charge is 2.79. The number of ether oxygens (including phenoxy) is 9. The molecule has 0 aromatic rings. The van der Waals surface area contributed by atoms with Crippen molar-refractivity contribution in [2.75, 3.05) is 26.4 Å². The van der Waals surface area contributed by atoms with Gasteiger partial charge >= 0.3 is 29.8 Å². The normalized spacial score (nSPS) is 51.3. The summed E-state index contributed by atoms with van der Waals surface area (Å²) in [6.07, 6.45) is -9.18. The topological polar surface area (TPSA) is 425 Å². The van der Waals surface area contributed by atoms with E-state index >= 15 is 0 Å². The van der Waals surface area contributed by atoms with Crippen molar-refractivity contribution in [3.63, 3.8) is 0 Å². The third-order valence-electron chi connectivity index (χ3n) is 40.0. The number of rotatable bonds is 5. The van der Waals surface area contributed by atoms with Crippen molar-refractivity contribution in [3.8, 4) is 0 Å². The zero-order valence-corrected chi connectivity index (χ0v) is 81.4. The number of ketones is 2. The maximum Gasteiger partial charge on any atom is 0.303 e. The molecular formula is C100H154O27. The van der Waals surface area contributed by atoms with Crippen LogP contribution < -0.4 is 0 Å².